The summed E-state index contributed by atoms with van der Waals surface area (Å²) < 4.78 is 15.2. The van der Waals surface area contributed by atoms with Gasteiger partial charge in [0.25, 0.3) is 5.91 Å². The third kappa shape index (κ3) is 3.34. The molecule has 0 saturated carbocycles. The predicted octanol–water partition coefficient (Wildman–Crippen LogP) is 3.13. The van der Waals surface area contributed by atoms with Crippen LogP contribution in [0.2, 0.25) is 0 Å². The second-order valence-electron chi connectivity index (χ2n) is 8.44. The summed E-state index contributed by atoms with van der Waals surface area (Å²) in [5, 5.41) is 4.26. The molecular formula is C23H23FN4O2. The fourth-order valence-corrected chi connectivity index (χ4v) is 4.77. The highest BCUT2D eigenvalue weighted by molar-refractivity contribution is 6.00. The van der Waals surface area contributed by atoms with E-state index in [-0.39, 0.29) is 23.0 Å². The summed E-state index contributed by atoms with van der Waals surface area (Å²) in [5.41, 5.74) is 2.13. The molecule has 0 radical (unpaired) electrons. The van der Waals surface area contributed by atoms with Gasteiger partial charge in [-0.25, -0.2) is 8.91 Å². The van der Waals surface area contributed by atoms with Crippen molar-refractivity contribution in [2.24, 2.45) is 5.41 Å². The summed E-state index contributed by atoms with van der Waals surface area (Å²) in [5.74, 6) is -0.179. The maximum atomic E-state index is 13.5. The first kappa shape index (κ1) is 18.8. The van der Waals surface area contributed by atoms with E-state index in [1.165, 1.54) is 12.1 Å². The molecule has 0 aliphatic carbocycles. The van der Waals surface area contributed by atoms with Crippen molar-refractivity contribution in [3.05, 3.63) is 71.8 Å². The van der Waals surface area contributed by atoms with Gasteiger partial charge in [-0.05, 0) is 42.7 Å². The Morgan fingerprint density at radius 1 is 1.13 bits per heavy atom. The molecule has 7 heteroatoms. The molecule has 0 atom stereocenters. The molecule has 2 saturated heterocycles. The van der Waals surface area contributed by atoms with Gasteiger partial charge in [-0.1, -0.05) is 18.2 Å². The summed E-state index contributed by atoms with van der Waals surface area (Å²) >= 11 is 0. The molecule has 30 heavy (non-hydrogen) atoms. The number of pyridine rings is 1. The van der Waals surface area contributed by atoms with Gasteiger partial charge in [0.05, 0.1) is 17.3 Å². The molecule has 0 unspecified atom stereocenters. The number of halogens is 1. The Balaban J connectivity index is 1.25. The lowest BCUT2D eigenvalue weighted by Crippen LogP contribution is -2.44. The van der Waals surface area contributed by atoms with Crippen molar-refractivity contribution in [1.29, 1.82) is 0 Å². The van der Waals surface area contributed by atoms with E-state index < -0.39 is 0 Å². The molecule has 0 bridgehead atoms. The van der Waals surface area contributed by atoms with Gasteiger partial charge in [0.15, 0.2) is 0 Å². The van der Waals surface area contributed by atoms with E-state index in [1.54, 1.807) is 16.8 Å². The zero-order valence-electron chi connectivity index (χ0n) is 16.6. The lowest BCUT2D eigenvalue weighted by Gasteiger charge is -2.38. The van der Waals surface area contributed by atoms with Gasteiger partial charge in [-0.3, -0.25) is 9.59 Å². The topological polar surface area (TPSA) is 57.9 Å². The highest BCUT2D eigenvalue weighted by atomic mass is 19.1. The normalized spacial score (nSPS) is 18.5. The van der Waals surface area contributed by atoms with Crippen LogP contribution < -0.4 is 0 Å². The highest BCUT2D eigenvalue weighted by Gasteiger charge is 2.45. The van der Waals surface area contributed by atoms with E-state index in [0.29, 0.717) is 38.2 Å². The minimum atomic E-state index is -0.284. The second-order valence-corrected chi connectivity index (χ2v) is 8.44. The van der Waals surface area contributed by atoms with Gasteiger partial charge >= 0.3 is 0 Å². The fourth-order valence-electron chi connectivity index (χ4n) is 4.77. The monoisotopic (exact) mass is 406 g/mol. The molecule has 1 aromatic carbocycles. The first-order valence-electron chi connectivity index (χ1n) is 10.3. The molecule has 2 amide bonds. The fraction of sp³-hybridized carbons (Fsp3) is 0.348. The zero-order valence-corrected chi connectivity index (χ0v) is 16.6. The van der Waals surface area contributed by atoms with E-state index in [0.717, 1.165) is 23.9 Å². The summed E-state index contributed by atoms with van der Waals surface area (Å²) in [4.78, 5) is 29.4. The van der Waals surface area contributed by atoms with Crippen LogP contribution in [0, 0.1) is 11.2 Å². The van der Waals surface area contributed by atoms with E-state index in [9.17, 15) is 14.0 Å². The van der Waals surface area contributed by atoms with Crippen LogP contribution in [0.25, 0.3) is 5.52 Å². The van der Waals surface area contributed by atoms with Crippen LogP contribution in [0.4, 0.5) is 4.39 Å². The van der Waals surface area contributed by atoms with E-state index in [1.807, 2.05) is 40.3 Å². The average Bonchev–Trinajstić information content (AvgIpc) is 3.29. The number of nitrogens with zero attached hydrogens (tertiary/aromatic N) is 4. The molecular weight excluding hydrogens is 383 g/mol. The van der Waals surface area contributed by atoms with Gasteiger partial charge in [0.1, 0.15) is 5.82 Å². The van der Waals surface area contributed by atoms with Crippen LogP contribution in [0.15, 0.2) is 54.9 Å². The molecule has 1 spiro atoms. The van der Waals surface area contributed by atoms with Crippen molar-refractivity contribution in [2.75, 3.05) is 19.6 Å². The van der Waals surface area contributed by atoms with E-state index in [4.69, 9.17) is 0 Å². The molecule has 2 aromatic heterocycles. The minimum absolute atomic E-state index is 0.00742. The molecule has 2 aliphatic heterocycles. The Kier molecular flexibility index (Phi) is 4.53. The number of amides is 2. The smallest absolute Gasteiger partial charge is 0.257 e. The lowest BCUT2D eigenvalue weighted by atomic mass is 9.77. The Morgan fingerprint density at radius 2 is 1.97 bits per heavy atom. The maximum Gasteiger partial charge on any atom is 0.257 e. The molecule has 2 fully saturated rings. The summed E-state index contributed by atoms with van der Waals surface area (Å²) in [6.45, 7) is 2.36. The molecule has 5 rings (SSSR count). The third-order valence-electron chi connectivity index (χ3n) is 6.44. The van der Waals surface area contributed by atoms with Gasteiger partial charge in [-0.2, -0.15) is 5.10 Å². The van der Waals surface area contributed by atoms with E-state index >= 15 is 0 Å². The highest BCUT2D eigenvalue weighted by Crippen LogP contribution is 2.41. The SMILES string of the molecule is O=C1CC2(CCN(C(=O)c3cnn4ccccc34)CC2)CN1Cc1cccc(F)c1. The van der Waals surface area contributed by atoms with Gasteiger partial charge < -0.3 is 9.80 Å². The van der Waals surface area contributed by atoms with Crippen molar-refractivity contribution >= 4 is 17.3 Å². The van der Waals surface area contributed by atoms with Crippen molar-refractivity contribution in [3.63, 3.8) is 0 Å². The second kappa shape index (κ2) is 7.23. The number of hydrogen-bond acceptors (Lipinski definition) is 3. The first-order chi connectivity index (χ1) is 14.5. The van der Waals surface area contributed by atoms with E-state index in [2.05, 4.69) is 5.10 Å². The molecule has 0 N–H and O–H groups in total. The average molecular weight is 406 g/mol. The summed E-state index contributed by atoms with van der Waals surface area (Å²) in [7, 11) is 0. The lowest BCUT2D eigenvalue weighted by molar-refractivity contribution is -0.128. The van der Waals surface area contributed by atoms with Crippen LogP contribution in [-0.2, 0) is 11.3 Å². The Bertz CT molecular complexity index is 1120. The minimum Gasteiger partial charge on any atom is -0.338 e. The van der Waals surface area contributed by atoms with Crippen LogP contribution in [-0.4, -0.2) is 50.9 Å². The molecule has 2 aliphatic rings. The number of aromatic nitrogens is 2. The number of hydrogen-bond donors (Lipinski definition) is 0. The van der Waals surface area contributed by atoms with Crippen molar-refractivity contribution in [3.8, 4) is 0 Å². The molecule has 3 aromatic rings. The van der Waals surface area contributed by atoms with Crippen molar-refractivity contribution in [1.82, 2.24) is 19.4 Å². The number of carbonyl (C=O) groups is 2. The maximum absolute atomic E-state index is 13.5. The molecule has 154 valence electrons. The Hall–Kier alpha value is -3.22. The quantitative estimate of drug-likeness (QED) is 0.672. The Morgan fingerprint density at radius 3 is 2.77 bits per heavy atom. The zero-order chi connectivity index (χ0) is 20.7. The van der Waals surface area contributed by atoms with Crippen molar-refractivity contribution in [2.45, 2.75) is 25.8 Å². The number of carbonyl (C=O) groups excluding carboxylic acids is 2. The number of fused-ring (bicyclic) bond motifs is 1. The van der Waals surface area contributed by atoms with Gasteiger partial charge in [0.2, 0.25) is 5.91 Å². The third-order valence-corrected chi connectivity index (χ3v) is 6.44. The molecule has 4 heterocycles. The number of benzene rings is 1. The summed E-state index contributed by atoms with van der Waals surface area (Å²) in [6, 6.07) is 12.1. The predicted molar refractivity (Wildman–Crippen MR) is 109 cm³/mol. The largest absolute Gasteiger partial charge is 0.338 e. The summed E-state index contributed by atoms with van der Waals surface area (Å²) in [6.07, 6.45) is 5.55. The van der Waals surface area contributed by atoms with Crippen LogP contribution in [0.3, 0.4) is 0 Å². The van der Waals surface area contributed by atoms with Gasteiger partial charge in [0, 0.05) is 44.2 Å². The first-order valence-corrected chi connectivity index (χ1v) is 10.3. The number of rotatable bonds is 3. The van der Waals surface area contributed by atoms with Crippen LogP contribution in [0.1, 0.15) is 35.2 Å². The molecule has 6 nitrogen and oxygen atoms in total. The van der Waals surface area contributed by atoms with Gasteiger partial charge in [-0.15, -0.1) is 0 Å². The number of likely N-dealkylation sites (tertiary alicyclic amines) is 2. The van der Waals surface area contributed by atoms with Crippen LogP contribution >= 0.6 is 0 Å². The standard InChI is InChI=1S/C23H23FN4O2/c24-18-5-3-4-17(12-18)15-27-16-23(13-21(27)29)7-10-26(11-8-23)22(30)19-14-25-28-9-2-1-6-20(19)28/h1-6,9,12,14H,7-8,10-11,13,15-16H2. The Labute approximate surface area is 173 Å². The van der Waals surface area contributed by atoms with Crippen LogP contribution in [0.5, 0.6) is 0 Å². The van der Waals surface area contributed by atoms with Crippen molar-refractivity contribution < 1.29 is 14.0 Å². The number of piperidine rings is 1.